The predicted molar refractivity (Wildman–Crippen MR) is 94.8 cm³/mol. The van der Waals surface area contributed by atoms with Crippen molar-refractivity contribution in [1.29, 1.82) is 0 Å². The van der Waals surface area contributed by atoms with E-state index in [1.807, 2.05) is 6.07 Å². The molecule has 0 spiro atoms. The Balaban J connectivity index is 1.70. The highest BCUT2D eigenvalue weighted by Gasteiger charge is 2.09. The van der Waals surface area contributed by atoms with E-state index in [2.05, 4.69) is 26.3 Å². The maximum atomic E-state index is 13.1. The van der Waals surface area contributed by atoms with Gasteiger partial charge in [0.05, 0.1) is 18.4 Å². The van der Waals surface area contributed by atoms with E-state index in [0.717, 1.165) is 10.0 Å². The fraction of sp³-hybridized carbons (Fsp3) is 0.0588. The van der Waals surface area contributed by atoms with Crippen LogP contribution in [0.15, 0.2) is 59.3 Å². The molecule has 4 nitrogen and oxygen atoms in total. The van der Waals surface area contributed by atoms with E-state index in [1.54, 1.807) is 41.3 Å². The first-order chi connectivity index (χ1) is 11.5. The molecule has 0 unspecified atom stereocenters. The second-order valence-corrected chi connectivity index (χ2v) is 6.45. The molecule has 1 aromatic heterocycles. The average Bonchev–Trinajstić information content (AvgIpc) is 2.97. The van der Waals surface area contributed by atoms with E-state index < -0.39 is 0 Å². The van der Waals surface area contributed by atoms with E-state index in [9.17, 15) is 9.18 Å². The lowest BCUT2D eigenvalue weighted by molar-refractivity contribution is 0.102. The first-order valence-electron chi connectivity index (χ1n) is 7.04. The van der Waals surface area contributed by atoms with Crippen molar-refractivity contribution in [2.24, 2.45) is 0 Å². The van der Waals surface area contributed by atoms with Gasteiger partial charge in [-0.15, -0.1) is 0 Å². The topological polar surface area (TPSA) is 46.9 Å². The number of anilines is 1. The van der Waals surface area contributed by atoms with Crippen LogP contribution in [0.3, 0.4) is 0 Å². The van der Waals surface area contributed by atoms with Crippen molar-refractivity contribution in [2.45, 2.75) is 6.54 Å². The third kappa shape index (κ3) is 4.01. The summed E-state index contributed by atoms with van der Waals surface area (Å²) in [5, 5.41) is 7.30. The molecule has 0 aliphatic rings. The molecular formula is C17H12BrClFN3O. The Kier molecular flexibility index (Phi) is 4.97. The molecule has 1 heterocycles. The predicted octanol–water partition coefficient (Wildman–Crippen LogP) is 4.74. The molecule has 0 atom stereocenters. The van der Waals surface area contributed by atoms with Crippen LogP contribution in [0.2, 0.25) is 5.02 Å². The first-order valence-corrected chi connectivity index (χ1v) is 8.21. The lowest BCUT2D eigenvalue weighted by Crippen LogP contribution is -2.11. The van der Waals surface area contributed by atoms with Gasteiger partial charge in [-0.1, -0.05) is 39.7 Å². The quantitative estimate of drug-likeness (QED) is 0.678. The van der Waals surface area contributed by atoms with Crippen molar-refractivity contribution in [3.63, 3.8) is 0 Å². The molecule has 0 saturated heterocycles. The number of rotatable bonds is 4. The molecule has 3 aromatic rings. The molecule has 2 aromatic carbocycles. The Morgan fingerprint density at radius 1 is 1.29 bits per heavy atom. The van der Waals surface area contributed by atoms with Crippen LogP contribution < -0.4 is 5.32 Å². The number of benzene rings is 2. The van der Waals surface area contributed by atoms with Gasteiger partial charge in [0, 0.05) is 21.3 Å². The number of carbonyl (C=O) groups is 1. The van der Waals surface area contributed by atoms with Crippen molar-refractivity contribution in [3.8, 4) is 0 Å². The SMILES string of the molecule is O=C(Nc1cnn(Cc2ccc(F)cc2Cl)c1)c1cccc(Br)c1. The van der Waals surface area contributed by atoms with Crippen LogP contribution in [0.25, 0.3) is 0 Å². The minimum atomic E-state index is -0.383. The van der Waals surface area contributed by atoms with Crippen molar-refractivity contribution >= 4 is 39.1 Å². The highest BCUT2D eigenvalue weighted by atomic mass is 79.9. The summed E-state index contributed by atoms with van der Waals surface area (Å²) >= 11 is 9.34. The van der Waals surface area contributed by atoms with Gasteiger partial charge in [0.15, 0.2) is 0 Å². The summed E-state index contributed by atoms with van der Waals surface area (Å²) < 4.78 is 15.5. The van der Waals surface area contributed by atoms with Crippen LogP contribution in [-0.2, 0) is 6.54 Å². The lowest BCUT2D eigenvalue weighted by Gasteiger charge is -2.05. The molecule has 0 aliphatic carbocycles. The molecule has 0 bridgehead atoms. The number of halogens is 3. The van der Waals surface area contributed by atoms with Gasteiger partial charge in [0.25, 0.3) is 5.91 Å². The summed E-state index contributed by atoms with van der Waals surface area (Å²) in [6.07, 6.45) is 3.24. The summed E-state index contributed by atoms with van der Waals surface area (Å²) in [5.74, 6) is -0.609. The van der Waals surface area contributed by atoms with E-state index in [1.165, 1.54) is 12.1 Å². The van der Waals surface area contributed by atoms with Crippen LogP contribution in [-0.4, -0.2) is 15.7 Å². The Hall–Kier alpha value is -2.18. The number of nitrogens with one attached hydrogen (secondary N) is 1. The number of nitrogens with zero attached hydrogens (tertiary/aromatic N) is 2. The standard InChI is InChI=1S/C17H12BrClFN3O/c18-13-3-1-2-11(6-13)17(24)22-15-8-21-23(10-15)9-12-4-5-14(20)7-16(12)19/h1-8,10H,9H2,(H,22,24). The summed E-state index contributed by atoms with van der Waals surface area (Å²) in [6.45, 7) is 0.381. The van der Waals surface area contributed by atoms with E-state index >= 15 is 0 Å². The van der Waals surface area contributed by atoms with Gasteiger partial charge in [-0.25, -0.2) is 4.39 Å². The fourth-order valence-electron chi connectivity index (χ4n) is 2.17. The van der Waals surface area contributed by atoms with Gasteiger partial charge >= 0.3 is 0 Å². The monoisotopic (exact) mass is 407 g/mol. The third-order valence-corrected chi connectivity index (χ3v) is 4.17. The Labute approximate surface area is 151 Å². The third-order valence-electron chi connectivity index (χ3n) is 3.33. The van der Waals surface area contributed by atoms with Crippen LogP contribution in [0.5, 0.6) is 0 Å². The number of hydrogen-bond donors (Lipinski definition) is 1. The summed E-state index contributed by atoms with van der Waals surface area (Å²) in [6, 6.07) is 11.3. The largest absolute Gasteiger partial charge is 0.319 e. The highest BCUT2D eigenvalue weighted by Crippen LogP contribution is 2.19. The minimum absolute atomic E-state index is 0.226. The second-order valence-electron chi connectivity index (χ2n) is 5.13. The Morgan fingerprint density at radius 2 is 2.12 bits per heavy atom. The molecule has 122 valence electrons. The molecule has 0 aliphatic heterocycles. The molecule has 3 rings (SSSR count). The molecule has 1 N–H and O–H groups in total. The summed E-state index contributed by atoms with van der Waals surface area (Å²) in [5.41, 5.74) is 1.85. The van der Waals surface area contributed by atoms with E-state index in [4.69, 9.17) is 11.6 Å². The van der Waals surface area contributed by atoms with Crippen LogP contribution in [0, 0.1) is 5.82 Å². The highest BCUT2D eigenvalue weighted by molar-refractivity contribution is 9.10. The fourth-order valence-corrected chi connectivity index (χ4v) is 2.80. The number of hydrogen-bond acceptors (Lipinski definition) is 2. The number of amides is 1. The molecular weight excluding hydrogens is 397 g/mol. The molecule has 24 heavy (non-hydrogen) atoms. The van der Waals surface area contributed by atoms with Gasteiger partial charge in [-0.3, -0.25) is 9.48 Å². The molecule has 0 fully saturated rings. The zero-order chi connectivity index (χ0) is 17.1. The molecule has 1 amide bonds. The molecule has 0 radical (unpaired) electrons. The van der Waals surface area contributed by atoms with Crippen LogP contribution >= 0.6 is 27.5 Å². The van der Waals surface area contributed by atoms with Gasteiger partial charge in [0.1, 0.15) is 5.82 Å². The molecule has 7 heteroatoms. The second kappa shape index (κ2) is 7.15. The summed E-state index contributed by atoms with van der Waals surface area (Å²) in [7, 11) is 0. The maximum Gasteiger partial charge on any atom is 0.255 e. The van der Waals surface area contributed by atoms with Crippen molar-refractivity contribution in [3.05, 3.63) is 81.3 Å². The van der Waals surface area contributed by atoms with Crippen LogP contribution in [0.4, 0.5) is 10.1 Å². The first kappa shape index (κ1) is 16.7. The van der Waals surface area contributed by atoms with Gasteiger partial charge in [-0.2, -0.15) is 5.10 Å². The normalized spacial score (nSPS) is 10.6. The lowest BCUT2D eigenvalue weighted by atomic mass is 10.2. The number of carbonyl (C=O) groups excluding carboxylic acids is 1. The zero-order valence-corrected chi connectivity index (χ0v) is 14.7. The van der Waals surface area contributed by atoms with Crippen molar-refractivity contribution in [2.75, 3.05) is 5.32 Å². The minimum Gasteiger partial charge on any atom is -0.319 e. The van der Waals surface area contributed by atoms with Gasteiger partial charge < -0.3 is 5.32 Å². The van der Waals surface area contributed by atoms with E-state index in [-0.39, 0.29) is 11.7 Å². The smallest absolute Gasteiger partial charge is 0.255 e. The number of aromatic nitrogens is 2. The van der Waals surface area contributed by atoms with Gasteiger partial charge in [0.2, 0.25) is 0 Å². The van der Waals surface area contributed by atoms with Crippen LogP contribution in [0.1, 0.15) is 15.9 Å². The molecule has 0 saturated carbocycles. The average molecular weight is 409 g/mol. The van der Waals surface area contributed by atoms with Crippen molar-refractivity contribution < 1.29 is 9.18 Å². The maximum absolute atomic E-state index is 13.1. The summed E-state index contributed by atoms with van der Waals surface area (Å²) in [4.78, 5) is 12.2. The zero-order valence-electron chi connectivity index (χ0n) is 12.3. The van der Waals surface area contributed by atoms with E-state index in [0.29, 0.717) is 22.8 Å². The van der Waals surface area contributed by atoms with Crippen molar-refractivity contribution in [1.82, 2.24) is 9.78 Å². The Bertz CT molecular complexity index is 897. The van der Waals surface area contributed by atoms with Gasteiger partial charge in [-0.05, 0) is 35.9 Å². The Morgan fingerprint density at radius 3 is 2.88 bits per heavy atom.